The molecule has 7 heteroatoms. The van der Waals surface area contributed by atoms with Crippen molar-refractivity contribution in [3.05, 3.63) is 28.7 Å². The van der Waals surface area contributed by atoms with E-state index in [2.05, 4.69) is 21.2 Å². The molecule has 3 nitrogen and oxygen atoms in total. The molecule has 1 amide bonds. The van der Waals surface area contributed by atoms with Gasteiger partial charge in [-0.3, -0.25) is 4.79 Å². The van der Waals surface area contributed by atoms with Crippen LogP contribution in [0.15, 0.2) is 28.7 Å². The second-order valence-electron chi connectivity index (χ2n) is 6.34. The van der Waals surface area contributed by atoms with E-state index < -0.39 is 17.5 Å². The minimum absolute atomic E-state index is 0.0918. The zero-order valence-electron chi connectivity index (χ0n) is 12.5. The van der Waals surface area contributed by atoms with E-state index in [1.54, 1.807) is 0 Å². The number of amides is 1. The van der Waals surface area contributed by atoms with Gasteiger partial charge in [0.25, 0.3) is 0 Å². The number of halogens is 4. The highest BCUT2D eigenvalue weighted by molar-refractivity contribution is 9.10. The van der Waals surface area contributed by atoms with Crippen LogP contribution in [0.5, 0.6) is 0 Å². The highest BCUT2D eigenvalue weighted by Crippen LogP contribution is 2.50. The molecule has 0 unspecified atom stereocenters. The van der Waals surface area contributed by atoms with Gasteiger partial charge in [0, 0.05) is 23.2 Å². The topological polar surface area (TPSA) is 32.3 Å². The van der Waals surface area contributed by atoms with E-state index in [1.165, 1.54) is 0 Å². The second kappa shape index (κ2) is 6.00. The first-order valence-corrected chi connectivity index (χ1v) is 8.49. The Hall–Kier alpha value is -1.24. The molecule has 126 valence electrons. The van der Waals surface area contributed by atoms with E-state index in [4.69, 9.17) is 0 Å². The summed E-state index contributed by atoms with van der Waals surface area (Å²) in [5.74, 6) is -0.844. The van der Waals surface area contributed by atoms with E-state index >= 15 is 0 Å². The molecule has 23 heavy (non-hydrogen) atoms. The molecule has 1 saturated heterocycles. The number of carbonyl (C=O) groups is 1. The van der Waals surface area contributed by atoms with Crippen molar-refractivity contribution in [3.8, 4) is 0 Å². The Morgan fingerprint density at radius 2 is 1.74 bits per heavy atom. The highest BCUT2D eigenvalue weighted by Gasteiger charge is 2.61. The van der Waals surface area contributed by atoms with Gasteiger partial charge in [-0.2, -0.15) is 13.2 Å². The van der Waals surface area contributed by atoms with Crippen LogP contribution in [0.4, 0.5) is 18.9 Å². The molecule has 1 aliphatic carbocycles. The van der Waals surface area contributed by atoms with Crippen molar-refractivity contribution in [3.63, 3.8) is 0 Å². The minimum Gasteiger partial charge on any atom is -0.367 e. The van der Waals surface area contributed by atoms with Gasteiger partial charge in [0.15, 0.2) is 0 Å². The van der Waals surface area contributed by atoms with Crippen molar-refractivity contribution < 1.29 is 18.0 Å². The van der Waals surface area contributed by atoms with Gasteiger partial charge in [-0.25, -0.2) is 0 Å². The van der Waals surface area contributed by atoms with Gasteiger partial charge in [-0.1, -0.05) is 28.8 Å². The van der Waals surface area contributed by atoms with Crippen LogP contribution in [0.25, 0.3) is 0 Å². The van der Waals surface area contributed by atoms with Crippen molar-refractivity contribution in [2.75, 3.05) is 18.0 Å². The van der Waals surface area contributed by atoms with Crippen LogP contribution in [0.3, 0.4) is 0 Å². The number of alkyl halides is 3. The van der Waals surface area contributed by atoms with Crippen molar-refractivity contribution >= 4 is 27.5 Å². The first-order valence-electron chi connectivity index (χ1n) is 7.70. The van der Waals surface area contributed by atoms with Gasteiger partial charge in [-0.05, 0) is 37.1 Å². The summed E-state index contributed by atoms with van der Waals surface area (Å²) in [6, 6.07) is 7.50. The van der Waals surface area contributed by atoms with E-state index in [0.29, 0.717) is 25.9 Å². The first-order chi connectivity index (χ1) is 10.8. The minimum atomic E-state index is -4.47. The Bertz CT molecular complexity index is 576. The largest absolute Gasteiger partial charge is 0.403 e. The van der Waals surface area contributed by atoms with E-state index in [1.807, 2.05) is 29.2 Å². The highest BCUT2D eigenvalue weighted by atomic mass is 79.9. The van der Waals surface area contributed by atoms with Gasteiger partial charge < -0.3 is 10.2 Å². The lowest BCUT2D eigenvalue weighted by molar-refractivity contribution is -0.220. The maximum Gasteiger partial charge on any atom is 0.403 e. The van der Waals surface area contributed by atoms with Gasteiger partial charge in [0.2, 0.25) is 5.91 Å². The Labute approximate surface area is 141 Å². The monoisotopic (exact) mass is 390 g/mol. The van der Waals surface area contributed by atoms with Crippen LogP contribution in [0.2, 0.25) is 0 Å². The molecule has 1 N–H and O–H groups in total. The fraction of sp³-hybridized carbons (Fsp3) is 0.562. The zero-order valence-corrected chi connectivity index (χ0v) is 14.1. The number of carbonyl (C=O) groups excluding carboxylic acids is 1. The van der Waals surface area contributed by atoms with Crippen LogP contribution in [0.1, 0.15) is 25.7 Å². The van der Waals surface area contributed by atoms with E-state index in [-0.39, 0.29) is 18.9 Å². The summed E-state index contributed by atoms with van der Waals surface area (Å²) in [6.07, 6.45) is -3.73. The molecular formula is C16H18BrF3N2O. The standard InChI is InChI=1S/C16H18BrF3N2O/c17-11-3-5-13(6-4-11)22-9-12(10-22)21-14(23)15(16(18,19)20)7-1-2-8-15/h3-6,12H,1-2,7-10H2,(H,21,23). The first kappa shape index (κ1) is 16.6. The number of nitrogens with zero attached hydrogens (tertiary/aromatic N) is 1. The third-order valence-electron chi connectivity index (χ3n) is 4.84. The molecule has 1 aromatic carbocycles. The summed E-state index contributed by atoms with van der Waals surface area (Å²) in [5, 5.41) is 2.61. The second-order valence-corrected chi connectivity index (χ2v) is 7.25. The van der Waals surface area contributed by atoms with Crippen LogP contribution in [0, 0.1) is 5.41 Å². The quantitative estimate of drug-likeness (QED) is 0.849. The van der Waals surface area contributed by atoms with E-state index in [0.717, 1.165) is 10.2 Å². The Kier molecular flexibility index (Phi) is 4.33. The summed E-state index contributed by atoms with van der Waals surface area (Å²) in [7, 11) is 0. The average molecular weight is 391 g/mol. The van der Waals surface area contributed by atoms with Gasteiger partial charge in [0.1, 0.15) is 5.41 Å². The molecule has 2 aliphatic rings. The smallest absolute Gasteiger partial charge is 0.367 e. The van der Waals surface area contributed by atoms with Crippen LogP contribution < -0.4 is 10.2 Å². The molecule has 0 aromatic heterocycles. The predicted molar refractivity (Wildman–Crippen MR) is 85.2 cm³/mol. The molecule has 0 atom stereocenters. The lowest BCUT2D eigenvalue weighted by Crippen LogP contribution is -2.63. The van der Waals surface area contributed by atoms with Crippen LogP contribution in [-0.4, -0.2) is 31.2 Å². The summed E-state index contributed by atoms with van der Waals surface area (Å²) < 4.78 is 41.0. The normalized spacial score (nSPS) is 21.1. The summed E-state index contributed by atoms with van der Waals surface area (Å²) in [4.78, 5) is 14.3. The maximum absolute atomic E-state index is 13.3. The Morgan fingerprint density at radius 3 is 2.26 bits per heavy atom. The third-order valence-corrected chi connectivity index (χ3v) is 5.37. The molecule has 2 fully saturated rings. The molecule has 0 radical (unpaired) electrons. The number of hydrogen-bond donors (Lipinski definition) is 1. The van der Waals surface area contributed by atoms with E-state index in [9.17, 15) is 18.0 Å². The Balaban J connectivity index is 1.59. The number of hydrogen-bond acceptors (Lipinski definition) is 2. The van der Waals surface area contributed by atoms with Gasteiger partial charge in [-0.15, -0.1) is 0 Å². The van der Waals surface area contributed by atoms with Gasteiger partial charge >= 0.3 is 6.18 Å². The fourth-order valence-corrected chi connectivity index (χ4v) is 3.64. The van der Waals surface area contributed by atoms with Crippen molar-refractivity contribution in [1.29, 1.82) is 0 Å². The summed E-state index contributed by atoms with van der Waals surface area (Å²) >= 11 is 3.36. The molecule has 0 bridgehead atoms. The predicted octanol–water partition coefficient (Wildman–Crippen LogP) is 3.88. The lowest BCUT2D eigenvalue weighted by atomic mass is 9.83. The van der Waals surface area contributed by atoms with Crippen molar-refractivity contribution in [2.24, 2.45) is 5.41 Å². The molecule has 1 aromatic rings. The van der Waals surface area contributed by atoms with Crippen LogP contribution >= 0.6 is 15.9 Å². The molecule has 1 aliphatic heterocycles. The maximum atomic E-state index is 13.3. The number of benzene rings is 1. The zero-order chi connectivity index (χ0) is 16.7. The van der Waals surface area contributed by atoms with Gasteiger partial charge in [0.05, 0.1) is 6.04 Å². The molecule has 1 heterocycles. The van der Waals surface area contributed by atoms with Crippen molar-refractivity contribution in [1.82, 2.24) is 5.32 Å². The summed E-state index contributed by atoms with van der Waals surface area (Å²) in [5.41, 5.74) is -1.17. The average Bonchev–Trinajstić information content (AvgIpc) is 2.94. The molecule has 0 spiro atoms. The SMILES string of the molecule is O=C(NC1CN(c2ccc(Br)cc2)C1)C1(C(F)(F)F)CCCC1. The van der Waals surface area contributed by atoms with Crippen LogP contribution in [-0.2, 0) is 4.79 Å². The summed E-state index contributed by atoms with van der Waals surface area (Å²) in [6.45, 7) is 1.09. The third kappa shape index (κ3) is 3.07. The Morgan fingerprint density at radius 1 is 1.17 bits per heavy atom. The molecule has 3 rings (SSSR count). The number of anilines is 1. The lowest BCUT2D eigenvalue weighted by Gasteiger charge is -2.43. The molecule has 1 saturated carbocycles. The molecular weight excluding hydrogens is 373 g/mol. The van der Waals surface area contributed by atoms with Crippen molar-refractivity contribution in [2.45, 2.75) is 37.9 Å². The number of nitrogens with one attached hydrogen (secondary N) is 1. The number of rotatable bonds is 3. The fourth-order valence-electron chi connectivity index (χ4n) is 3.37.